The van der Waals surface area contributed by atoms with Crippen LogP contribution < -0.4 is 5.73 Å². The molecule has 2 aromatic rings. The zero-order valence-corrected chi connectivity index (χ0v) is 11.1. The molecule has 0 bridgehead atoms. The molecule has 2 rings (SSSR count). The molecule has 0 spiro atoms. The van der Waals surface area contributed by atoms with Gasteiger partial charge in [-0.1, -0.05) is 6.07 Å². The number of nitrogens with zero attached hydrogens (tertiary/aromatic N) is 3. The monoisotopic (exact) mass is 278 g/mol. The van der Waals surface area contributed by atoms with Gasteiger partial charge in [0.15, 0.2) is 11.6 Å². The summed E-state index contributed by atoms with van der Waals surface area (Å²) in [5, 5.41) is 0. The van der Waals surface area contributed by atoms with Gasteiger partial charge in [-0.15, -0.1) is 12.4 Å². The summed E-state index contributed by atoms with van der Waals surface area (Å²) in [6.45, 7) is 0.379. The molecule has 5 nitrogen and oxygen atoms in total. The SMILES string of the molecule is Cl.NCc1cnc(C(=O)CCc2cccnc2)nc1. The first-order chi connectivity index (χ1) is 8.79. The minimum absolute atomic E-state index is 0. The van der Waals surface area contributed by atoms with Crippen molar-refractivity contribution < 1.29 is 4.79 Å². The summed E-state index contributed by atoms with van der Waals surface area (Å²) in [4.78, 5) is 23.9. The maximum Gasteiger partial charge on any atom is 0.200 e. The fourth-order valence-corrected chi connectivity index (χ4v) is 1.52. The standard InChI is InChI=1S/C13H14N4O.ClH/c14-6-11-8-16-13(17-9-11)12(18)4-3-10-2-1-5-15-7-10;/h1-2,5,7-9H,3-4,6,14H2;1H. The molecule has 6 heteroatoms. The predicted molar refractivity (Wildman–Crippen MR) is 74.1 cm³/mol. The average Bonchev–Trinajstić information content (AvgIpc) is 2.46. The van der Waals surface area contributed by atoms with Crippen molar-refractivity contribution >= 4 is 18.2 Å². The lowest BCUT2D eigenvalue weighted by Gasteiger charge is -2.01. The number of hydrogen-bond donors (Lipinski definition) is 1. The average molecular weight is 279 g/mol. The van der Waals surface area contributed by atoms with Crippen LogP contribution in [0.1, 0.15) is 28.2 Å². The number of carbonyl (C=O) groups is 1. The fourth-order valence-electron chi connectivity index (χ4n) is 1.52. The first-order valence-corrected chi connectivity index (χ1v) is 5.72. The Balaban J connectivity index is 0.00000180. The molecule has 0 aliphatic heterocycles. The highest BCUT2D eigenvalue weighted by molar-refractivity contribution is 5.92. The van der Waals surface area contributed by atoms with Gasteiger partial charge in [0.25, 0.3) is 0 Å². The molecular formula is C13H15ClN4O. The molecule has 0 amide bonds. The molecule has 0 fully saturated rings. The molecule has 19 heavy (non-hydrogen) atoms. The Morgan fingerprint density at radius 2 is 1.89 bits per heavy atom. The zero-order chi connectivity index (χ0) is 12.8. The molecule has 2 N–H and O–H groups in total. The summed E-state index contributed by atoms with van der Waals surface area (Å²) in [7, 11) is 0. The number of nitrogens with two attached hydrogens (primary N) is 1. The van der Waals surface area contributed by atoms with Crippen LogP contribution in [-0.4, -0.2) is 20.7 Å². The molecule has 2 aromatic heterocycles. The number of aryl methyl sites for hydroxylation is 1. The van der Waals surface area contributed by atoms with Crippen LogP contribution in [0.4, 0.5) is 0 Å². The topological polar surface area (TPSA) is 81.8 Å². The van der Waals surface area contributed by atoms with Gasteiger partial charge in [-0.05, 0) is 18.1 Å². The van der Waals surface area contributed by atoms with E-state index in [4.69, 9.17) is 5.73 Å². The Morgan fingerprint density at radius 3 is 2.47 bits per heavy atom. The quantitative estimate of drug-likeness (QED) is 0.840. The second-order valence-electron chi connectivity index (χ2n) is 3.90. The van der Waals surface area contributed by atoms with E-state index in [1.54, 1.807) is 24.8 Å². The van der Waals surface area contributed by atoms with Crippen molar-refractivity contribution in [1.29, 1.82) is 0 Å². The van der Waals surface area contributed by atoms with Crippen LogP contribution in [0.5, 0.6) is 0 Å². The Morgan fingerprint density at radius 1 is 1.16 bits per heavy atom. The van der Waals surface area contributed by atoms with E-state index < -0.39 is 0 Å². The lowest BCUT2D eigenvalue weighted by atomic mass is 10.1. The van der Waals surface area contributed by atoms with E-state index >= 15 is 0 Å². The Bertz CT molecular complexity index is 516. The first kappa shape index (κ1) is 15.2. The number of ketones is 1. The van der Waals surface area contributed by atoms with Crippen molar-refractivity contribution in [3.63, 3.8) is 0 Å². The minimum atomic E-state index is -0.0672. The first-order valence-electron chi connectivity index (χ1n) is 5.72. The number of halogens is 1. The maximum atomic E-state index is 11.8. The van der Waals surface area contributed by atoms with Crippen molar-refractivity contribution in [2.75, 3.05) is 0 Å². The van der Waals surface area contributed by atoms with Crippen molar-refractivity contribution in [2.24, 2.45) is 5.73 Å². The van der Waals surface area contributed by atoms with E-state index in [1.165, 1.54) is 0 Å². The molecule has 0 aliphatic rings. The van der Waals surface area contributed by atoms with E-state index in [-0.39, 0.29) is 24.0 Å². The van der Waals surface area contributed by atoms with Crippen LogP contribution >= 0.6 is 12.4 Å². The van der Waals surface area contributed by atoms with Crippen molar-refractivity contribution in [3.8, 4) is 0 Å². The summed E-state index contributed by atoms with van der Waals surface area (Å²) in [6.07, 6.45) is 7.67. The third kappa shape index (κ3) is 4.39. The highest BCUT2D eigenvalue weighted by atomic mass is 35.5. The normalized spacial score (nSPS) is 9.74. The molecular weight excluding hydrogens is 264 g/mol. The molecule has 100 valence electrons. The van der Waals surface area contributed by atoms with Crippen LogP contribution in [-0.2, 0) is 13.0 Å². The van der Waals surface area contributed by atoms with Crippen molar-refractivity contribution in [1.82, 2.24) is 15.0 Å². The number of aromatic nitrogens is 3. The molecule has 0 aromatic carbocycles. The lowest BCUT2D eigenvalue weighted by molar-refractivity contribution is 0.0972. The summed E-state index contributed by atoms with van der Waals surface area (Å²) >= 11 is 0. The van der Waals surface area contributed by atoms with Crippen molar-refractivity contribution in [3.05, 3.63) is 53.9 Å². The molecule has 0 saturated heterocycles. The fraction of sp³-hybridized carbons (Fsp3) is 0.231. The molecule has 0 atom stereocenters. The number of hydrogen-bond acceptors (Lipinski definition) is 5. The smallest absolute Gasteiger partial charge is 0.200 e. The lowest BCUT2D eigenvalue weighted by Crippen LogP contribution is -2.08. The van der Waals surface area contributed by atoms with E-state index in [0.717, 1.165) is 11.1 Å². The van der Waals surface area contributed by atoms with E-state index in [1.807, 2.05) is 12.1 Å². The Labute approximate surface area is 117 Å². The molecule has 0 unspecified atom stereocenters. The third-order valence-electron chi connectivity index (χ3n) is 2.55. The van der Waals surface area contributed by atoms with Gasteiger partial charge in [-0.3, -0.25) is 9.78 Å². The molecule has 0 saturated carbocycles. The predicted octanol–water partition coefficient (Wildman–Crippen LogP) is 1.57. The van der Waals surface area contributed by atoms with Crippen LogP contribution in [0.3, 0.4) is 0 Å². The summed E-state index contributed by atoms with van der Waals surface area (Å²) in [5.74, 6) is 0.179. The maximum absolute atomic E-state index is 11.8. The molecule has 0 aliphatic carbocycles. The van der Waals surface area contributed by atoms with Crippen LogP contribution in [0.2, 0.25) is 0 Å². The zero-order valence-electron chi connectivity index (χ0n) is 10.3. The number of Topliss-reactive ketones (excluding diaryl/α,β-unsaturated/α-hetero) is 1. The van der Waals surface area contributed by atoms with Crippen LogP contribution in [0.15, 0.2) is 36.9 Å². The highest BCUT2D eigenvalue weighted by Crippen LogP contribution is 2.04. The van der Waals surface area contributed by atoms with E-state index in [0.29, 0.717) is 19.4 Å². The third-order valence-corrected chi connectivity index (χ3v) is 2.55. The largest absolute Gasteiger partial charge is 0.326 e. The number of carbonyl (C=O) groups excluding carboxylic acids is 1. The van der Waals surface area contributed by atoms with E-state index in [9.17, 15) is 4.79 Å². The van der Waals surface area contributed by atoms with Gasteiger partial charge in [0.1, 0.15) is 0 Å². The van der Waals surface area contributed by atoms with Crippen LogP contribution in [0.25, 0.3) is 0 Å². The van der Waals surface area contributed by atoms with Gasteiger partial charge in [-0.2, -0.15) is 0 Å². The minimum Gasteiger partial charge on any atom is -0.326 e. The summed E-state index contributed by atoms with van der Waals surface area (Å²) in [6, 6.07) is 3.80. The van der Waals surface area contributed by atoms with E-state index in [2.05, 4.69) is 15.0 Å². The molecule has 2 heterocycles. The number of pyridine rings is 1. The highest BCUT2D eigenvalue weighted by Gasteiger charge is 2.09. The van der Waals surface area contributed by atoms with Crippen molar-refractivity contribution in [2.45, 2.75) is 19.4 Å². The number of rotatable bonds is 5. The van der Waals surface area contributed by atoms with Gasteiger partial charge in [-0.25, -0.2) is 9.97 Å². The second-order valence-corrected chi connectivity index (χ2v) is 3.90. The van der Waals surface area contributed by atoms with Gasteiger partial charge in [0.2, 0.25) is 0 Å². The van der Waals surface area contributed by atoms with Gasteiger partial charge in [0.05, 0.1) is 0 Å². The Kier molecular flexibility index (Phi) is 6.05. The molecule has 0 radical (unpaired) electrons. The van der Waals surface area contributed by atoms with Crippen LogP contribution in [0, 0.1) is 0 Å². The van der Waals surface area contributed by atoms with Gasteiger partial charge in [0, 0.05) is 43.3 Å². The van der Waals surface area contributed by atoms with Gasteiger partial charge >= 0.3 is 0 Å². The summed E-state index contributed by atoms with van der Waals surface area (Å²) < 4.78 is 0. The Hall–Kier alpha value is -1.85. The summed E-state index contributed by atoms with van der Waals surface area (Å²) in [5.41, 5.74) is 7.29. The second kappa shape index (κ2) is 7.56. The van der Waals surface area contributed by atoms with Gasteiger partial charge < -0.3 is 5.73 Å².